The Hall–Kier alpha value is -2.19. The lowest BCUT2D eigenvalue weighted by Gasteiger charge is -2.34. The number of rotatable bonds is 31. The highest BCUT2D eigenvalue weighted by atomic mass is 16.6. The molecule has 0 rings (SSSR count). The van der Waals surface area contributed by atoms with Crippen molar-refractivity contribution in [3.8, 4) is 0 Å². The van der Waals surface area contributed by atoms with E-state index < -0.39 is 18.1 Å². The second kappa shape index (κ2) is 29.2. The molecule has 0 radical (unpaired) electrons. The predicted molar refractivity (Wildman–Crippen MR) is 180 cm³/mol. The summed E-state index contributed by atoms with van der Waals surface area (Å²) < 4.78 is 17.0. The molecule has 0 saturated carbocycles. The fraction of sp³-hybridized carbons (Fsp3) is 0.811. The number of carboxylic acids is 1. The molecule has 0 aliphatic heterocycles. The van der Waals surface area contributed by atoms with Gasteiger partial charge in [-0.2, -0.15) is 0 Å². The fourth-order valence-corrected chi connectivity index (χ4v) is 4.99. The first-order valence-corrected chi connectivity index (χ1v) is 17.9. The molecule has 0 heterocycles. The Labute approximate surface area is 275 Å². The summed E-state index contributed by atoms with van der Waals surface area (Å²) in [6, 6.07) is -0.723. The molecule has 0 aliphatic rings. The summed E-state index contributed by atoms with van der Waals surface area (Å²) in [5, 5.41) is 11.5. The standard InChI is InChI=1S/C37H67NO7/c1-6-8-10-12-14-16-17-18-19-20-22-24-26-28-36(40)45-33(31-43-30-29-34(37(41)42)38(3,4)5)32-44-35(39)27-25-23-21-15-13-11-9-7-2/h10,12,16-17,33-34H,6-9,11,13-15,18-32H2,1-5H3/b12-10-,17-16-. The molecule has 8 nitrogen and oxygen atoms in total. The van der Waals surface area contributed by atoms with Gasteiger partial charge in [0.2, 0.25) is 0 Å². The minimum absolute atomic E-state index is 0.0373. The van der Waals surface area contributed by atoms with Gasteiger partial charge >= 0.3 is 11.9 Å². The summed E-state index contributed by atoms with van der Waals surface area (Å²) >= 11 is 0. The molecule has 2 atom stereocenters. The molecule has 0 aliphatic carbocycles. The molecule has 0 saturated heterocycles. The Kier molecular flexibility index (Phi) is 27.8. The van der Waals surface area contributed by atoms with Gasteiger partial charge < -0.3 is 28.6 Å². The molecule has 0 fully saturated rings. The van der Waals surface area contributed by atoms with E-state index in [-0.39, 0.29) is 42.7 Å². The first-order valence-electron chi connectivity index (χ1n) is 17.9. The fourth-order valence-electron chi connectivity index (χ4n) is 4.99. The summed E-state index contributed by atoms with van der Waals surface area (Å²) in [5.41, 5.74) is 0. The van der Waals surface area contributed by atoms with E-state index in [0.717, 1.165) is 70.6 Å². The van der Waals surface area contributed by atoms with Gasteiger partial charge in [0, 0.05) is 19.3 Å². The number of carbonyl (C=O) groups excluding carboxylic acids is 3. The zero-order valence-electron chi connectivity index (χ0n) is 29.5. The second-order valence-electron chi connectivity index (χ2n) is 13.1. The van der Waals surface area contributed by atoms with Gasteiger partial charge in [-0.05, 0) is 38.5 Å². The summed E-state index contributed by atoms with van der Waals surface area (Å²) in [4.78, 5) is 36.4. The molecule has 0 aromatic carbocycles. The zero-order chi connectivity index (χ0) is 33.6. The lowest BCUT2D eigenvalue weighted by Crippen LogP contribution is -2.55. The van der Waals surface area contributed by atoms with Crippen LogP contribution in [0.15, 0.2) is 24.3 Å². The quantitative estimate of drug-likeness (QED) is 0.0342. The van der Waals surface area contributed by atoms with Gasteiger partial charge in [-0.3, -0.25) is 9.59 Å². The Bertz CT molecular complexity index is 803. The maximum Gasteiger partial charge on any atom is 0.306 e. The highest BCUT2D eigenvalue weighted by molar-refractivity contribution is 5.70. The summed E-state index contributed by atoms with van der Waals surface area (Å²) in [6.45, 7) is 4.53. The van der Waals surface area contributed by atoms with E-state index in [2.05, 4.69) is 38.2 Å². The molecule has 262 valence electrons. The largest absolute Gasteiger partial charge is 0.544 e. The lowest BCUT2D eigenvalue weighted by atomic mass is 10.1. The molecular weight excluding hydrogens is 570 g/mol. The van der Waals surface area contributed by atoms with Crippen LogP contribution in [0.2, 0.25) is 0 Å². The molecule has 0 N–H and O–H groups in total. The van der Waals surface area contributed by atoms with Crippen molar-refractivity contribution in [2.75, 3.05) is 41.0 Å². The van der Waals surface area contributed by atoms with Crippen LogP contribution in [0.4, 0.5) is 0 Å². The van der Waals surface area contributed by atoms with Crippen LogP contribution in [-0.2, 0) is 28.6 Å². The smallest absolute Gasteiger partial charge is 0.306 e. The van der Waals surface area contributed by atoms with Crippen LogP contribution in [0.25, 0.3) is 0 Å². The zero-order valence-corrected chi connectivity index (χ0v) is 29.5. The molecule has 2 unspecified atom stereocenters. The Balaban J connectivity index is 4.47. The van der Waals surface area contributed by atoms with Crippen LogP contribution in [0, 0.1) is 0 Å². The van der Waals surface area contributed by atoms with Crippen LogP contribution in [0.5, 0.6) is 0 Å². The number of carbonyl (C=O) groups is 3. The van der Waals surface area contributed by atoms with E-state index in [9.17, 15) is 19.5 Å². The van der Waals surface area contributed by atoms with Crippen LogP contribution >= 0.6 is 0 Å². The SMILES string of the molecule is CCC/C=C\C/C=C\CCCCCCCC(=O)OC(COCCC(C(=O)[O-])[N+](C)(C)C)COC(=O)CCCCCCCCCC. The van der Waals surface area contributed by atoms with Crippen molar-refractivity contribution in [3.05, 3.63) is 24.3 Å². The van der Waals surface area contributed by atoms with Gasteiger partial charge in [0.25, 0.3) is 0 Å². The summed E-state index contributed by atoms with van der Waals surface area (Å²) in [6.07, 6.45) is 27.8. The number of aliphatic carboxylic acids is 1. The van der Waals surface area contributed by atoms with Crippen LogP contribution in [0.1, 0.15) is 142 Å². The van der Waals surface area contributed by atoms with Crippen molar-refractivity contribution in [3.63, 3.8) is 0 Å². The monoisotopic (exact) mass is 637 g/mol. The van der Waals surface area contributed by atoms with Gasteiger partial charge in [0.05, 0.1) is 40.3 Å². The van der Waals surface area contributed by atoms with Crippen molar-refractivity contribution in [2.45, 2.75) is 154 Å². The van der Waals surface area contributed by atoms with E-state index in [0.29, 0.717) is 12.8 Å². The maximum atomic E-state index is 12.6. The van der Waals surface area contributed by atoms with Gasteiger partial charge in [0.15, 0.2) is 6.10 Å². The minimum atomic E-state index is -1.13. The van der Waals surface area contributed by atoms with E-state index in [1.54, 1.807) is 21.1 Å². The van der Waals surface area contributed by atoms with E-state index in [1.807, 2.05) is 0 Å². The van der Waals surface area contributed by atoms with Crippen molar-refractivity contribution in [1.29, 1.82) is 0 Å². The Morgan fingerprint density at radius 3 is 1.80 bits per heavy atom. The molecule has 0 aromatic rings. The van der Waals surface area contributed by atoms with Gasteiger partial charge in [-0.25, -0.2) is 0 Å². The minimum Gasteiger partial charge on any atom is -0.544 e. The molecule has 8 heteroatoms. The predicted octanol–water partition coefficient (Wildman–Crippen LogP) is 7.24. The van der Waals surface area contributed by atoms with Crippen LogP contribution in [0.3, 0.4) is 0 Å². The molecule has 0 aromatic heterocycles. The number of carboxylic acid groups (broad SMARTS) is 1. The van der Waals surface area contributed by atoms with E-state index >= 15 is 0 Å². The first-order chi connectivity index (χ1) is 21.6. The summed E-state index contributed by atoms with van der Waals surface area (Å²) in [5.74, 6) is -1.76. The average Bonchev–Trinajstić information content (AvgIpc) is 2.98. The molecule has 0 amide bonds. The number of likely N-dealkylation sites (N-methyl/N-ethyl adjacent to an activating group) is 1. The van der Waals surface area contributed by atoms with Crippen LogP contribution in [-0.4, -0.2) is 75.5 Å². The van der Waals surface area contributed by atoms with Crippen LogP contribution < -0.4 is 5.11 Å². The van der Waals surface area contributed by atoms with E-state index in [4.69, 9.17) is 14.2 Å². The number of ether oxygens (including phenoxy) is 3. The van der Waals surface area contributed by atoms with Gasteiger partial charge in [-0.15, -0.1) is 0 Å². The van der Waals surface area contributed by atoms with Crippen molar-refractivity contribution in [1.82, 2.24) is 0 Å². The topological polar surface area (TPSA) is 102 Å². The third-order valence-corrected chi connectivity index (χ3v) is 7.82. The highest BCUT2D eigenvalue weighted by Gasteiger charge is 2.25. The Morgan fingerprint density at radius 1 is 0.667 bits per heavy atom. The second-order valence-corrected chi connectivity index (χ2v) is 13.1. The third kappa shape index (κ3) is 27.8. The number of quaternary nitrogens is 1. The number of nitrogens with zero attached hydrogens (tertiary/aromatic N) is 1. The van der Waals surface area contributed by atoms with Crippen molar-refractivity contribution < 1.29 is 38.2 Å². The normalized spacial score (nSPS) is 13.4. The van der Waals surface area contributed by atoms with Gasteiger partial charge in [0.1, 0.15) is 12.6 Å². The van der Waals surface area contributed by atoms with E-state index in [1.165, 1.54) is 38.5 Å². The molecule has 0 spiro atoms. The van der Waals surface area contributed by atoms with Crippen molar-refractivity contribution >= 4 is 17.9 Å². The number of unbranched alkanes of at least 4 members (excludes halogenated alkanes) is 13. The van der Waals surface area contributed by atoms with Gasteiger partial charge in [-0.1, -0.05) is 109 Å². The number of esters is 2. The first kappa shape index (κ1) is 42.8. The number of hydrogen-bond acceptors (Lipinski definition) is 7. The van der Waals surface area contributed by atoms with Crippen molar-refractivity contribution in [2.24, 2.45) is 0 Å². The number of allylic oxidation sites excluding steroid dienone is 4. The third-order valence-electron chi connectivity index (χ3n) is 7.82. The molecular formula is C37H67NO7. The molecule has 0 bridgehead atoms. The Morgan fingerprint density at radius 2 is 1.22 bits per heavy atom. The lowest BCUT2D eigenvalue weighted by molar-refractivity contribution is -0.889. The average molecular weight is 638 g/mol. The highest BCUT2D eigenvalue weighted by Crippen LogP contribution is 2.12. The maximum absolute atomic E-state index is 12.6. The molecule has 45 heavy (non-hydrogen) atoms. The number of hydrogen-bond donors (Lipinski definition) is 0. The summed E-state index contributed by atoms with van der Waals surface area (Å²) in [7, 11) is 5.38.